The van der Waals surface area contributed by atoms with Crippen LogP contribution in [0.4, 0.5) is 0 Å². The fraction of sp³-hybridized carbons (Fsp3) is 0.318. The van der Waals surface area contributed by atoms with Crippen molar-refractivity contribution in [2.24, 2.45) is 0 Å². The van der Waals surface area contributed by atoms with Gasteiger partial charge in [0.1, 0.15) is 11.3 Å². The van der Waals surface area contributed by atoms with Crippen molar-refractivity contribution in [2.75, 3.05) is 18.6 Å². The van der Waals surface area contributed by atoms with Crippen LogP contribution in [0, 0.1) is 0 Å². The molecule has 0 bridgehead atoms. The summed E-state index contributed by atoms with van der Waals surface area (Å²) in [4.78, 5) is 15.0. The Labute approximate surface area is 170 Å². The predicted octanol–water partition coefficient (Wildman–Crippen LogP) is 3.20. The van der Waals surface area contributed by atoms with E-state index in [1.54, 1.807) is 18.3 Å². The maximum Gasteiger partial charge on any atom is 0.227 e. The average Bonchev–Trinajstić information content (AvgIpc) is 3.29. The van der Waals surface area contributed by atoms with E-state index in [9.17, 15) is 13.2 Å². The summed E-state index contributed by atoms with van der Waals surface area (Å²) in [6.45, 7) is 0.388. The molecule has 1 atom stereocenters. The number of nitrogens with zero attached hydrogens (tertiary/aromatic N) is 1. The highest BCUT2D eigenvalue weighted by Crippen LogP contribution is 2.28. The van der Waals surface area contributed by atoms with Gasteiger partial charge in [0.25, 0.3) is 0 Å². The van der Waals surface area contributed by atoms with E-state index >= 15 is 0 Å². The van der Waals surface area contributed by atoms with Gasteiger partial charge in [-0.2, -0.15) is 0 Å². The second-order valence-electron chi connectivity index (χ2n) is 7.36. The van der Waals surface area contributed by atoms with E-state index in [4.69, 9.17) is 9.15 Å². The van der Waals surface area contributed by atoms with Crippen molar-refractivity contribution < 1.29 is 22.4 Å². The number of fused-ring (bicyclic) bond motifs is 1. The van der Waals surface area contributed by atoms with Gasteiger partial charge in [0.2, 0.25) is 5.91 Å². The summed E-state index contributed by atoms with van der Waals surface area (Å²) in [5.74, 6) is 0.727. The van der Waals surface area contributed by atoms with Crippen LogP contribution in [0.3, 0.4) is 0 Å². The van der Waals surface area contributed by atoms with Crippen LogP contribution in [-0.2, 0) is 27.6 Å². The fourth-order valence-corrected chi connectivity index (χ4v) is 5.54. The number of ether oxygens (including phenoxy) is 1. The number of hydrogen-bond donors (Lipinski definition) is 0. The number of methoxy groups -OCH3 is 1. The van der Waals surface area contributed by atoms with Crippen molar-refractivity contribution in [1.82, 2.24) is 4.90 Å². The Bertz CT molecular complexity index is 1120. The number of amides is 1. The van der Waals surface area contributed by atoms with Crippen molar-refractivity contribution >= 4 is 26.7 Å². The summed E-state index contributed by atoms with van der Waals surface area (Å²) >= 11 is 0. The molecule has 2 aromatic carbocycles. The second-order valence-corrected chi connectivity index (χ2v) is 9.59. The fourth-order valence-electron chi connectivity index (χ4n) is 3.81. The van der Waals surface area contributed by atoms with Gasteiger partial charge in [-0.15, -0.1) is 0 Å². The Hall–Kier alpha value is -2.80. The Morgan fingerprint density at radius 3 is 2.69 bits per heavy atom. The molecule has 7 heteroatoms. The Balaban J connectivity index is 1.61. The minimum Gasteiger partial charge on any atom is -0.497 e. The van der Waals surface area contributed by atoms with Gasteiger partial charge in [-0.05, 0) is 30.2 Å². The van der Waals surface area contributed by atoms with Gasteiger partial charge >= 0.3 is 0 Å². The number of carbonyl (C=O) groups is 1. The maximum atomic E-state index is 13.3. The van der Waals surface area contributed by atoms with Crippen LogP contribution in [0.5, 0.6) is 5.75 Å². The van der Waals surface area contributed by atoms with Crippen molar-refractivity contribution in [3.05, 3.63) is 65.9 Å². The molecule has 1 aliphatic heterocycles. The first-order valence-corrected chi connectivity index (χ1v) is 11.4. The molecule has 1 aromatic heterocycles. The molecule has 3 aromatic rings. The third-order valence-corrected chi connectivity index (χ3v) is 7.12. The summed E-state index contributed by atoms with van der Waals surface area (Å²) < 4.78 is 34.9. The first kappa shape index (κ1) is 19.5. The molecular formula is C22H23NO5S. The molecule has 2 heterocycles. The number of benzene rings is 2. The highest BCUT2D eigenvalue weighted by Gasteiger charge is 2.34. The lowest BCUT2D eigenvalue weighted by Gasteiger charge is -2.28. The summed E-state index contributed by atoms with van der Waals surface area (Å²) in [6.07, 6.45) is 2.21. The SMILES string of the molecule is COc1ccc2occ(CC(=O)N(Cc3ccccc3)C3CCS(=O)(=O)C3)c2c1. The molecule has 1 saturated heterocycles. The minimum atomic E-state index is -3.10. The number of rotatable bonds is 6. The van der Waals surface area contributed by atoms with Crippen LogP contribution in [0.25, 0.3) is 11.0 Å². The summed E-state index contributed by atoms with van der Waals surface area (Å²) in [7, 11) is -1.51. The summed E-state index contributed by atoms with van der Waals surface area (Å²) in [5, 5.41) is 0.830. The van der Waals surface area contributed by atoms with Gasteiger partial charge in [0.15, 0.2) is 9.84 Å². The highest BCUT2D eigenvalue weighted by atomic mass is 32.2. The molecule has 1 amide bonds. The molecule has 0 saturated carbocycles. The Morgan fingerprint density at radius 1 is 1.21 bits per heavy atom. The summed E-state index contributed by atoms with van der Waals surface area (Å²) in [6, 6.07) is 14.8. The smallest absolute Gasteiger partial charge is 0.227 e. The van der Waals surface area contributed by atoms with Crippen molar-refractivity contribution in [1.29, 1.82) is 0 Å². The van der Waals surface area contributed by atoms with E-state index in [1.165, 1.54) is 0 Å². The van der Waals surface area contributed by atoms with Crippen LogP contribution in [0.15, 0.2) is 59.2 Å². The third kappa shape index (κ3) is 4.29. The standard InChI is InChI=1S/C22H23NO5S/c1-27-19-7-8-21-20(12-19)17(14-28-21)11-22(24)23(13-16-5-3-2-4-6-16)18-9-10-29(25,26)15-18/h2-8,12,14,18H,9-11,13,15H2,1H3. The lowest BCUT2D eigenvalue weighted by molar-refractivity contribution is -0.133. The number of carbonyl (C=O) groups excluding carboxylic acids is 1. The third-order valence-electron chi connectivity index (χ3n) is 5.37. The minimum absolute atomic E-state index is 0.0194. The zero-order valence-electron chi connectivity index (χ0n) is 16.2. The molecule has 1 unspecified atom stereocenters. The van der Waals surface area contributed by atoms with E-state index < -0.39 is 9.84 Å². The molecule has 0 radical (unpaired) electrons. The topological polar surface area (TPSA) is 76.8 Å². The van der Waals surface area contributed by atoms with Gasteiger partial charge in [0, 0.05) is 23.5 Å². The number of sulfone groups is 1. The molecule has 152 valence electrons. The maximum absolute atomic E-state index is 13.3. The molecule has 0 spiro atoms. The molecule has 6 nitrogen and oxygen atoms in total. The Morgan fingerprint density at radius 2 is 2.00 bits per heavy atom. The van der Waals surface area contributed by atoms with E-state index in [0.717, 1.165) is 16.5 Å². The Kier molecular flexibility index (Phi) is 5.32. The quantitative estimate of drug-likeness (QED) is 0.620. The second kappa shape index (κ2) is 7.91. The molecular weight excluding hydrogens is 390 g/mol. The molecule has 1 fully saturated rings. The zero-order chi connectivity index (χ0) is 20.4. The van der Waals surface area contributed by atoms with Gasteiger partial charge in [-0.1, -0.05) is 30.3 Å². The first-order chi connectivity index (χ1) is 13.9. The van der Waals surface area contributed by atoms with Crippen LogP contribution in [0.2, 0.25) is 0 Å². The number of furan rings is 1. The van der Waals surface area contributed by atoms with E-state index in [0.29, 0.717) is 24.3 Å². The lowest BCUT2D eigenvalue weighted by Crippen LogP contribution is -2.41. The number of hydrogen-bond acceptors (Lipinski definition) is 5. The predicted molar refractivity (Wildman–Crippen MR) is 111 cm³/mol. The van der Waals surface area contributed by atoms with E-state index in [-0.39, 0.29) is 29.9 Å². The van der Waals surface area contributed by atoms with Crippen LogP contribution >= 0.6 is 0 Å². The largest absolute Gasteiger partial charge is 0.497 e. The van der Waals surface area contributed by atoms with Crippen molar-refractivity contribution in [3.8, 4) is 5.75 Å². The van der Waals surface area contributed by atoms with Crippen LogP contribution in [-0.4, -0.2) is 43.9 Å². The molecule has 0 aliphatic carbocycles. The van der Waals surface area contributed by atoms with E-state index in [2.05, 4.69) is 0 Å². The van der Waals surface area contributed by atoms with E-state index in [1.807, 2.05) is 48.5 Å². The molecule has 4 rings (SSSR count). The van der Waals surface area contributed by atoms with Crippen LogP contribution < -0.4 is 4.74 Å². The molecule has 0 N–H and O–H groups in total. The van der Waals surface area contributed by atoms with Gasteiger partial charge in [0.05, 0.1) is 31.3 Å². The first-order valence-electron chi connectivity index (χ1n) is 9.53. The van der Waals surface area contributed by atoms with Crippen molar-refractivity contribution in [2.45, 2.75) is 25.4 Å². The zero-order valence-corrected chi connectivity index (χ0v) is 17.0. The monoisotopic (exact) mass is 413 g/mol. The summed E-state index contributed by atoms with van der Waals surface area (Å²) in [5.41, 5.74) is 2.43. The van der Waals surface area contributed by atoms with Crippen LogP contribution in [0.1, 0.15) is 17.5 Å². The highest BCUT2D eigenvalue weighted by molar-refractivity contribution is 7.91. The molecule has 1 aliphatic rings. The van der Waals surface area contributed by atoms with Gasteiger partial charge in [-0.25, -0.2) is 8.42 Å². The molecule has 29 heavy (non-hydrogen) atoms. The van der Waals surface area contributed by atoms with Gasteiger partial charge in [-0.3, -0.25) is 4.79 Å². The van der Waals surface area contributed by atoms with Crippen molar-refractivity contribution in [3.63, 3.8) is 0 Å². The average molecular weight is 413 g/mol. The van der Waals surface area contributed by atoms with Gasteiger partial charge < -0.3 is 14.1 Å². The lowest BCUT2D eigenvalue weighted by atomic mass is 10.1. The normalized spacial score (nSPS) is 18.0.